The van der Waals surface area contributed by atoms with Gasteiger partial charge in [-0.25, -0.2) is 0 Å². The molecule has 15 heavy (non-hydrogen) atoms. The van der Waals surface area contributed by atoms with Crippen molar-refractivity contribution < 1.29 is 9.53 Å². The summed E-state index contributed by atoms with van der Waals surface area (Å²) in [7, 11) is 0. The lowest BCUT2D eigenvalue weighted by Gasteiger charge is -2.24. The number of amides is 1. The summed E-state index contributed by atoms with van der Waals surface area (Å²) in [6, 6.07) is 0. The van der Waals surface area contributed by atoms with Gasteiger partial charge >= 0.3 is 0 Å². The molecular formula is C11H22ClNO2. The Labute approximate surface area is 97.7 Å². The molecule has 1 amide bonds. The minimum Gasteiger partial charge on any atom is -0.366 e. The molecule has 0 bridgehead atoms. The molecule has 0 radical (unpaired) electrons. The van der Waals surface area contributed by atoms with Crippen molar-refractivity contribution in [2.45, 2.75) is 39.7 Å². The fourth-order valence-electron chi connectivity index (χ4n) is 1.08. The number of carbonyl (C=O) groups excluding carboxylic acids is 1. The summed E-state index contributed by atoms with van der Waals surface area (Å²) >= 11 is 5.59. The molecule has 0 aliphatic heterocycles. The van der Waals surface area contributed by atoms with E-state index in [1.807, 2.05) is 27.7 Å². The predicted molar refractivity (Wildman–Crippen MR) is 63.3 cm³/mol. The largest absolute Gasteiger partial charge is 0.366 e. The maximum atomic E-state index is 11.7. The van der Waals surface area contributed by atoms with Crippen LogP contribution < -0.4 is 0 Å². The van der Waals surface area contributed by atoms with E-state index in [0.29, 0.717) is 19.0 Å². The third kappa shape index (κ3) is 7.63. The molecule has 0 aromatic rings. The molecule has 0 unspecified atom stereocenters. The zero-order chi connectivity index (χ0) is 11.9. The quantitative estimate of drug-likeness (QED) is 0.661. The molecule has 0 aliphatic carbocycles. The number of rotatable bonds is 6. The van der Waals surface area contributed by atoms with E-state index >= 15 is 0 Å². The number of ether oxygens (including phenoxy) is 1. The molecule has 0 heterocycles. The van der Waals surface area contributed by atoms with E-state index in [-0.39, 0.29) is 18.1 Å². The molecule has 0 N–H and O–H groups in total. The minimum absolute atomic E-state index is 0.0394. The van der Waals surface area contributed by atoms with Gasteiger partial charge in [0, 0.05) is 19.0 Å². The predicted octanol–water partition coefficient (Wildman–Crippen LogP) is 2.28. The first-order chi connectivity index (χ1) is 6.90. The molecule has 0 aliphatic rings. The van der Waals surface area contributed by atoms with Gasteiger partial charge in [0.05, 0.1) is 5.60 Å². The van der Waals surface area contributed by atoms with Crippen LogP contribution in [0, 0.1) is 0 Å². The molecule has 0 spiro atoms. The summed E-state index contributed by atoms with van der Waals surface area (Å²) < 4.78 is 5.43. The van der Waals surface area contributed by atoms with Gasteiger partial charge in [0.15, 0.2) is 0 Å². The topological polar surface area (TPSA) is 29.5 Å². The molecule has 0 saturated carbocycles. The van der Waals surface area contributed by atoms with Crippen molar-refractivity contribution >= 4 is 17.5 Å². The van der Waals surface area contributed by atoms with E-state index in [9.17, 15) is 4.79 Å². The smallest absolute Gasteiger partial charge is 0.248 e. The molecule has 0 atom stereocenters. The number of carbonyl (C=O) groups is 1. The second-order valence-corrected chi connectivity index (χ2v) is 4.79. The first-order valence-corrected chi connectivity index (χ1v) is 5.92. The van der Waals surface area contributed by atoms with Crippen molar-refractivity contribution in [2.24, 2.45) is 0 Å². The van der Waals surface area contributed by atoms with Crippen LogP contribution in [0.25, 0.3) is 0 Å². The Balaban J connectivity index is 3.94. The number of halogens is 1. The Hall–Kier alpha value is -0.280. The Morgan fingerprint density at radius 2 is 2.00 bits per heavy atom. The van der Waals surface area contributed by atoms with Gasteiger partial charge in [-0.1, -0.05) is 0 Å². The van der Waals surface area contributed by atoms with Gasteiger partial charge in [-0.2, -0.15) is 0 Å². The van der Waals surface area contributed by atoms with Crippen LogP contribution in [0.1, 0.15) is 34.1 Å². The Bertz CT molecular complexity index is 190. The van der Waals surface area contributed by atoms with Gasteiger partial charge < -0.3 is 9.64 Å². The maximum absolute atomic E-state index is 11.7. The van der Waals surface area contributed by atoms with Gasteiger partial charge in [-0.15, -0.1) is 11.6 Å². The summed E-state index contributed by atoms with van der Waals surface area (Å²) in [6.45, 7) is 9.36. The molecule has 0 aromatic heterocycles. The summed E-state index contributed by atoms with van der Waals surface area (Å²) in [5.74, 6) is 0.627. The van der Waals surface area contributed by atoms with E-state index in [1.54, 1.807) is 4.90 Å². The summed E-state index contributed by atoms with van der Waals surface area (Å²) in [5, 5.41) is 0. The highest BCUT2D eigenvalue weighted by molar-refractivity contribution is 6.17. The zero-order valence-corrected chi connectivity index (χ0v) is 10.9. The molecule has 90 valence electrons. The summed E-state index contributed by atoms with van der Waals surface area (Å²) in [6.07, 6.45) is 0.830. The molecule has 0 saturated heterocycles. The third-order valence-electron chi connectivity index (χ3n) is 1.92. The highest BCUT2D eigenvalue weighted by atomic mass is 35.5. The Kier molecular flexibility index (Phi) is 6.94. The van der Waals surface area contributed by atoms with Crippen molar-refractivity contribution in [3.63, 3.8) is 0 Å². The number of hydrogen-bond acceptors (Lipinski definition) is 2. The fraction of sp³-hybridized carbons (Fsp3) is 0.909. The monoisotopic (exact) mass is 235 g/mol. The average Bonchev–Trinajstić information content (AvgIpc) is 2.15. The molecule has 3 nitrogen and oxygen atoms in total. The lowest BCUT2D eigenvalue weighted by atomic mass is 10.2. The van der Waals surface area contributed by atoms with E-state index in [1.165, 1.54) is 0 Å². The van der Waals surface area contributed by atoms with Crippen LogP contribution in [0.4, 0.5) is 0 Å². The van der Waals surface area contributed by atoms with Crippen molar-refractivity contribution in [2.75, 3.05) is 25.6 Å². The zero-order valence-electron chi connectivity index (χ0n) is 10.2. The van der Waals surface area contributed by atoms with Crippen LogP contribution in [0.15, 0.2) is 0 Å². The molecule has 0 rings (SSSR count). The van der Waals surface area contributed by atoms with E-state index in [4.69, 9.17) is 16.3 Å². The van der Waals surface area contributed by atoms with Crippen molar-refractivity contribution in [3.05, 3.63) is 0 Å². The summed E-state index contributed by atoms with van der Waals surface area (Å²) in [4.78, 5) is 13.5. The molecule has 4 heteroatoms. The standard InChI is InChI=1S/C11H22ClNO2/c1-5-13(8-6-7-12)10(14)9-15-11(2,3)4/h5-9H2,1-4H3. The average molecular weight is 236 g/mol. The van der Waals surface area contributed by atoms with Gasteiger partial charge in [0.2, 0.25) is 5.91 Å². The molecule has 0 aromatic carbocycles. The van der Waals surface area contributed by atoms with Gasteiger partial charge in [0.1, 0.15) is 6.61 Å². The first-order valence-electron chi connectivity index (χ1n) is 5.38. The fourth-order valence-corrected chi connectivity index (χ4v) is 1.20. The van der Waals surface area contributed by atoms with Crippen molar-refractivity contribution in [3.8, 4) is 0 Å². The van der Waals surface area contributed by atoms with E-state index < -0.39 is 0 Å². The second kappa shape index (κ2) is 7.07. The lowest BCUT2D eigenvalue weighted by Crippen LogP contribution is -2.37. The highest BCUT2D eigenvalue weighted by Gasteiger charge is 2.16. The lowest BCUT2D eigenvalue weighted by molar-refractivity contribution is -0.140. The van der Waals surface area contributed by atoms with Crippen LogP contribution >= 0.6 is 11.6 Å². The van der Waals surface area contributed by atoms with E-state index in [2.05, 4.69) is 0 Å². The maximum Gasteiger partial charge on any atom is 0.248 e. The Morgan fingerprint density at radius 1 is 1.40 bits per heavy atom. The van der Waals surface area contributed by atoms with Crippen LogP contribution in [0.3, 0.4) is 0 Å². The van der Waals surface area contributed by atoms with Gasteiger partial charge in [-0.05, 0) is 34.1 Å². The number of hydrogen-bond donors (Lipinski definition) is 0. The van der Waals surface area contributed by atoms with Crippen LogP contribution in [0.5, 0.6) is 0 Å². The van der Waals surface area contributed by atoms with Gasteiger partial charge in [-0.3, -0.25) is 4.79 Å². The number of nitrogens with zero attached hydrogens (tertiary/aromatic N) is 1. The second-order valence-electron chi connectivity index (χ2n) is 4.42. The van der Waals surface area contributed by atoms with E-state index in [0.717, 1.165) is 6.42 Å². The van der Waals surface area contributed by atoms with Crippen molar-refractivity contribution in [1.29, 1.82) is 0 Å². The highest BCUT2D eigenvalue weighted by Crippen LogP contribution is 2.07. The number of alkyl halides is 1. The summed E-state index contributed by atoms with van der Waals surface area (Å²) in [5.41, 5.74) is -0.262. The number of likely N-dealkylation sites (N-methyl/N-ethyl adjacent to an activating group) is 1. The van der Waals surface area contributed by atoms with Crippen molar-refractivity contribution in [1.82, 2.24) is 4.90 Å². The molecule has 0 fully saturated rings. The normalized spacial score (nSPS) is 11.5. The SMILES string of the molecule is CCN(CCCCl)C(=O)COC(C)(C)C. The first kappa shape index (κ1) is 14.7. The third-order valence-corrected chi connectivity index (χ3v) is 2.19. The van der Waals surface area contributed by atoms with Crippen LogP contribution in [0.2, 0.25) is 0 Å². The van der Waals surface area contributed by atoms with Gasteiger partial charge in [0.25, 0.3) is 0 Å². The van der Waals surface area contributed by atoms with Crippen LogP contribution in [-0.2, 0) is 9.53 Å². The van der Waals surface area contributed by atoms with Crippen LogP contribution in [-0.4, -0.2) is 42.0 Å². The molecular weight excluding hydrogens is 214 g/mol. The minimum atomic E-state index is -0.262. The Morgan fingerprint density at radius 3 is 2.40 bits per heavy atom.